The van der Waals surface area contributed by atoms with Crippen LogP contribution in [0.4, 0.5) is 5.69 Å². The largest absolute Gasteiger partial charge is 0.396 e. The number of carbonyl (C=O) groups excluding carboxylic acids is 2. The number of amides is 2. The molecular weight excluding hydrogens is 362 g/mol. The summed E-state index contributed by atoms with van der Waals surface area (Å²) in [5.74, 6) is -0.840. The molecule has 1 aliphatic rings. The predicted octanol–water partition coefficient (Wildman–Crippen LogP) is 1.65. The van der Waals surface area contributed by atoms with Crippen molar-refractivity contribution in [3.05, 3.63) is 41.5 Å². The van der Waals surface area contributed by atoms with E-state index in [2.05, 4.69) is 20.7 Å². The number of ether oxygens (including phenoxy) is 1. The number of nitrogens with one attached hydrogen (secondary N) is 2. The van der Waals surface area contributed by atoms with Gasteiger partial charge in [-0.2, -0.15) is 5.10 Å². The van der Waals surface area contributed by atoms with Crippen molar-refractivity contribution >= 4 is 17.5 Å². The van der Waals surface area contributed by atoms with Gasteiger partial charge in [-0.25, -0.2) is 9.67 Å². The number of carbonyl (C=O) groups is 2. The molecule has 3 heterocycles. The molecule has 1 atom stereocenters. The van der Waals surface area contributed by atoms with Gasteiger partial charge in [0.15, 0.2) is 5.69 Å². The molecule has 9 nitrogen and oxygen atoms in total. The zero-order valence-corrected chi connectivity index (χ0v) is 15.9. The van der Waals surface area contributed by atoms with Crippen LogP contribution in [-0.4, -0.2) is 51.4 Å². The summed E-state index contributed by atoms with van der Waals surface area (Å²) in [5, 5.41) is 18.7. The average Bonchev–Trinajstić information content (AvgIpc) is 3.12. The van der Waals surface area contributed by atoms with Gasteiger partial charge in [0.2, 0.25) is 0 Å². The number of aliphatic hydroxyl groups is 1. The van der Waals surface area contributed by atoms with Crippen molar-refractivity contribution in [2.45, 2.75) is 38.8 Å². The highest BCUT2D eigenvalue weighted by Crippen LogP contribution is 2.25. The highest BCUT2D eigenvalue weighted by molar-refractivity contribution is 6.07. The highest BCUT2D eigenvalue weighted by atomic mass is 16.5. The Morgan fingerprint density at radius 1 is 1.32 bits per heavy atom. The second-order valence-corrected chi connectivity index (χ2v) is 6.64. The number of nitrogens with zero attached hydrogens (tertiary/aromatic N) is 3. The van der Waals surface area contributed by atoms with Gasteiger partial charge in [-0.05, 0) is 44.7 Å². The van der Waals surface area contributed by atoms with Crippen LogP contribution >= 0.6 is 0 Å². The predicted molar refractivity (Wildman–Crippen MR) is 102 cm³/mol. The summed E-state index contributed by atoms with van der Waals surface area (Å²) >= 11 is 0. The van der Waals surface area contributed by atoms with Gasteiger partial charge in [-0.3, -0.25) is 9.59 Å². The Bertz CT molecular complexity index is 829. The van der Waals surface area contributed by atoms with E-state index in [0.29, 0.717) is 25.3 Å². The number of aliphatic hydroxyl groups excluding tert-OH is 1. The average molecular weight is 387 g/mol. The van der Waals surface area contributed by atoms with Crippen LogP contribution in [0.1, 0.15) is 58.6 Å². The fourth-order valence-electron chi connectivity index (χ4n) is 2.95. The molecule has 1 aliphatic heterocycles. The Morgan fingerprint density at radius 3 is 2.89 bits per heavy atom. The second kappa shape index (κ2) is 9.43. The fourth-order valence-corrected chi connectivity index (χ4v) is 2.95. The molecule has 28 heavy (non-hydrogen) atoms. The van der Waals surface area contributed by atoms with E-state index in [-0.39, 0.29) is 24.2 Å². The van der Waals surface area contributed by atoms with Crippen LogP contribution in [0, 0.1) is 6.92 Å². The van der Waals surface area contributed by atoms with Crippen LogP contribution in [-0.2, 0) is 4.74 Å². The van der Waals surface area contributed by atoms with Crippen molar-refractivity contribution in [2.75, 3.05) is 25.1 Å². The molecule has 1 unspecified atom stereocenters. The summed E-state index contributed by atoms with van der Waals surface area (Å²) in [6.45, 7) is 2.73. The van der Waals surface area contributed by atoms with Crippen LogP contribution in [0.15, 0.2) is 24.4 Å². The van der Waals surface area contributed by atoms with E-state index in [4.69, 9.17) is 9.84 Å². The third-order valence-corrected chi connectivity index (χ3v) is 4.39. The molecule has 0 spiro atoms. The number of pyridine rings is 1. The first kappa shape index (κ1) is 20.0. The van der Waals surface area contributed by atoms with E-state index in [1.165, 1.54) is 0 Å². The van der Waals surface area contributed by atoms with Crippen molar-refractivity contribution in [3.8, 4) is 0 Å². The lowest BCUT2D eigenvalue weighted by Crippen LogP contribution is -2.27. The molecule has 2 amide bonds. The van der Waals surface area contributed by atoms with Crippen LogP contribution in [0.25, 0.3) is 0 Å². The van der Waals surface area contributed by atoms with Crippen LogP contribution < -0.4 is 10.6 Å². The topological polar surface area (TPSA) is 118 Å². The Kier molecular flexibility index (Phi) is 6.72. The number of hydrogen-bond donors (Lipinski definition) is 3. The first-order chi connectivity index (χ1) is 13.6. The summed E-state index contributed by atoms with van der Waals surface area (Å²) in [6.07, 6.45) is 4.59. The Morgan fingerprint density at radius 2 is 2.18 bits per heavy atom. The van der Waals surface area contributed by atoms with Gasteiger partial charge in [0.1, 0.15) is 11.9 Å². The summed E-state index contributed by atoms with van der Waals surface area (Å²) < 4.78 is 7.31. The molecule has 1 fully saturated rings. The third kappa shape index (κ3) is 4.93. The van der Waals surface area contributed by atoms with Crippen molar-refractivity contribution in [1.29, 1.82) is 0 Å². The zero-order valence-electron chi connectivity index (χ0n) is 15.9. The van der Waals surface area contributed by atoms with Gasteiger partial charge in [0.05, 0.1) is 11.9 Å². The smallest absolute Gasteiger partial charge is 0.274 e. The number of aryl methyl sites for hydroxylation is 1. The van der Waals surface area contributed by atoms with Gasteiger partial charge in [0, 0.05) is 25.5 Å². The molecule has 0 radical (unpaired) electrons. The van der Waals surface area contributed by atoms with Crippen molar-refractivity contribution in [1.82, 2.24) is 20.1 Å². The van der Waals surface area contributed by atoms with E-state index in [0.717, 1.165) is 25.0 Å². The molecule has 1 saturated heterocycles. The molecular formula is C19H25N5O4. The number of rotatable bonds is 7. The normalized spacial score (nSPS) is 16.6. The van der Waals surface area contributed by atoms with E-state index >= 15 is 0 Å². The quantitative estimate of drug-likeness (QED) is 0.622. The monoisotopic (exact) mass is 387 g/mol. The summed E-state index contributed by atoms with van der Waals surface area (Å²) in [6, 6.07) is 5.16. The first-order valence-electron chi connectivity index (χ1n) is 9.43. The molecule has 3 N–H and O–H groups in total. The second-order valence-electron chi connectivity index (χ2n) is 6.64. The number of hydrogen-bond acceptors (Lipinski definition) is 6. The molecule has 2 aromatic rings. The lowest BCUT2D eigenvalue weighted by atomic mass is 10.2. The van der Waals surface area contributed by atoms with Crippen molar-refractivity contribution in [2.24, 2.45) is 0 Å². The summed E-state index contributed by atoms with van der Waals surface area (Å²) in [7, 11) is 0. The van der Waals surface area contributed by atoms with Crippen molar-refractivity contribution in [3.63, 3.8) is 0 Å². The van der Waals surface area contributed by atoms with E-state index in [1.807, 2.05) is 0 Å². The minimum absolute atomic E-state index is 0.0206. The molecule has 0 bridgehead atoms. The van der Waals surface area contributed by atoms with Gasteiger partial charge < -0.3 is 20.5 Å². The van der Waals surface area contributed by atoms with Gasteiger partial charge in [-0.15, -0.1) is 0 Å². The highest BCUT2D eigenvalue weighted by Gasteiger charge is 2.24. The fraction of sp³-hybridized carbons (Fsp3) is 0.474. The van der Waals surface area contributed by atoms with E-state index < -0.39 is 11.8 Å². The molecule has 9 heteroatoms. The minimum atomic E-state index is -0.421. The lowest BCUT2D eigenvalue weighted by molar-refractivity contribution is -0.0395. The Labute approximate surface area is 163 Å². The van der Waals surface area contributed by atoms with Crippen molar-refractivity contribution < 1.29 is 19.4 Å². The first-order valence-corrected chi connectivity index (χ1v) is 9.43. The summed E-state index contributed by atoms with van der Waals surface area (Å²) in [5.41, 5.74) is 1.38. The Balaban J connectivity index is 1.82. The molecule has 0 aromatic carbocycles. The van der Waals surface area contributed by atoms with E-state index in [9.17, 15) is 9.59 Å². The molecule has 0 aliphatic carbocycles. The van der Waals surface area contributed by atoms with Gasteiger partial charge >= 0.3 is 0 Å². The maximum absolute atomic E-state index is 12.6. The van der Waals surface area contributed by atoms with E-state index in [1.54, 1.807) is 36.0 Å². The maximum atomic E-state index is 12.6. The standard InChI is InChI=1S/C19H25N5O4/c1-13-6-4-7-14(21-13)18(26)22-15-12-24(16-8-2-3-11-28-16)23-17(15)19(27)20-9-5-10-25/h4,6-7,12,16,25H,2-3,5,8-11H2,1H3,(H,20,27)(H,22,26). The third-order valence-electron chi connectivity index (χ3n) is 4.39. The zero-order chi connectivity index (χ0) is 19.9. The van der Waals surface area contributed by atoms with Gasteiger partial charge in [0.25, 0.3) is 11.8 Å². The molecule has 150 valence electrons. The van der Waals surface area contributed by atoms with Crippen LogP contribution in [0.2, 0.25) is 0 Å². The number of anilines is 1. The molecule has 3 rings (SSSR count). The SMILES string of the molecule is Cc1cccc(C(=O)Nc2cn(C3CCCCO3)nc2C(=O)NCCCO)n1. The van der Waals surface area contributed by atoms with Gasteiger partial charge in [-0.1, -0.05) is 6.07 Å². The van der Waals surface area contributed by atoms with Crippen LogP contribution in [0.5, 0.6) is 0 Å². The maximum Gasteiger partial charge on any atom is 0.274 e. The summed E-state index contributed by atoms with van der Waals surface area (Å²) in [4.78, 5) is 29.3. The lowest BCUT2D eigenvalue weighted by Gasteiger charge is -2.22. The minimum Gasteiger partial charge on any atom is -0.396 e. The molecule has 2 aromatic heterocycles. The molecule has 0 saturated carbocycles. The Hall–Kier alpha value is -2.78. The number of aromatic nitrogens is 3. The van der Waals surface area contributed by atoms with Crippen LogP contribution in [0.3, 0.4) is 0 Å².